The van der Waals surface area contributed by atoms with E-state index in [1.807, 2.05) is 54.6 Å². The second kappa shape index (κ2) is 14.9. The molecule has 2 rings (SSSR count). The monoisotopic (exact) mass is 452 g/mol. The number of quaternary nitrogens is 1. The molecule has 0 aliphatic rings. The number of carbonyl (C=O) groups excluding carboxylic acids is 1. The van der Waals surface area contributed by atoms with Gasteiger partial charge in [0.2, 0.25) is 0 Å². The van der Waals surface area contributed by atoms with Crippen LogP contribution in [-0.4, -0.2) is 43.6 Å². The highest BCUT2D eigenvalue weighted by molar-refractivity contribution is 6.08. The first-order valence-corrected chi connectivity index (χ1v) is 13.1. The number of hydrogen-bond acceptors (Lipinski definition) is 2. The lowest BCUT2D eigenvalue weighted by Crippen LogP contribution is -2.46. The zero-order valence-corrected chi connectivity index (χ0v) is 21.5. The summed E-state index contributed by atoms with van der Waals surface area (Å²) >= 11 is 0. The molecule has 0 saturated carbocycles. The van der Waals surface area contributed by atoms with E-state index in [-0.39, 0.29) is 11.9 Å². The highest BCUT2D eigenvalue weighted by Crippen LogP contribution is 2.18. The van der Waals surface area contributed by atoms with Crippen LogP contribution in [0.15, 0.2) is 54.6 Å². The number of carbonyl (C=O) groups is 1. The van der Waals surface area contributed by atoms with Crippen LogP contribution >= 0.6 is 0 Å². The molecule has 0 bridgehead atoms. The topological polar surface area (TPSA) is 26.3 Å². The number of benzene rings is 2. The largest absolute Gasteiger partial charge is 0.485 e. The Kier molecular flexibility index (Phi) is 12.2. The van der Waals surface area contributed by atoms with E-state index >= 15 is 0 Å². The average Bonchev–Trinajstić information content (AvgIpc) is 2.80. The van der Waals surface area contributed by atoms with Crippen LogP contribution in [0.3, 0.4) is 0 Å². The highest BCUT2D eigenvalue weighted by atomic mass is 16.5. The molecule has 0 aromatic heterocycles. The molecular weight excluding hydrogens is 406 g/mol. The van der Waals surface area contributed by atoms with Crippen LogP contribution in [0.5, 0.6) is 5.75 Å². The molecule has 0 aliphatic carbocycles. The number of unbranched alkanes of at least 4 members (excludes halogenated alkanes) is 9. The summed E-state index contributed by atoms with van der Waals surface area (Å²) < 4.78 is 7.14. The van der Waals surface area contributed by atoms with E-state index in [0.29, 0.717) is 11.1 Å². The molecule has 0 radical (unpaired) electrons. The second-order valence-corrected chi connectivity index (χ2v) is 10.2. The molecule has 2 aromatic rings. The standard InChI is InChI=1S/C30H46NO2/c1-5-6-7-8-9-10-11-12-13-17-24-31(3,4)25-26(2)33-29-22-20-28(21-23-29)30(32)27-18-15-14-16-19-27/h14-16,18-23,26H,5-13,17,24-25H2,1-4H3/q+1. The molecule has 2 aromatic carbocycles. The van der Waals surface area contributed by atoms with E-state index < -0.39 is 0 Å². The van der Waals surface area contributed by atoms with Crippen molar-refractivity contribution >= 4 is 5.78 Å². The first-order chi connectivity index (χ1) is 15.9. The summed E-state index contributed by atoms with van der Waals surface area (Å²) in [5, 5.41) is 0. The van der Waals surface area contributed by atoms with Gasteiger partial charge in [-0.2, -0.15) is 0 Å². The smallest absolute Gasteiger partial charge is 0.193 e. The summed E-state index contributed by atoms with van der Waals surface area (Å²) in [5.41, 5.74) is 1.41. The van der Waals surface area contributed by atoms with Crippen LogP contribution < -0.4 is 4.74 Å². The molecule has 0 saturated heterocycles. The molecule has 33 heavy (non-hydrogen) atoms. The maximum Gasteiger partial charge on any atom is 0.193 e. The van der Waals surface area contributed by atoms with Crippen molar-refractivity contribution in [1.29, 1.82) is 0 Å². The lowest BCUT2D eigenvalue weighted by atomic mass is 10.0. The molecule has 182 valence electrons. The Labute approximate surface area is 202 Å². The Hall–Kier alpha value is -2.13. The van der Waals surface area contributed by atoms with Crippen molar-refractivity contribution in [3.8, 4) is 5.75 Å². The van der Waals surface area contributed by atoms with E-state index in [2.05, 4.69) is 27.9 Å². The first-order valence-electron chi connectivity index (χ1n) is 13.1. The van der Waals surface area contributed by atoms with Crippen LogP contribution in [0.4, 0.5) is 0 Å². The van der Waals surface area contributed by atoms with Gasteiger partial charge in [0.15, 0.2) is 5.78 Å². The van der Waals surface area contributed by atoms with E-state index in [1.165, 1.54) is 70.8 Å². The molecule has 0 N–H and O–H groups in total. The van der Waals surface area contributed by atoms with Crippen LogP contribution in [0, 0.1) is 0 Å². The van der Waals surface area contributed by atoms with Crippen molar-refractivity contribution in [2.24, 2.45) is 0 Å². The van der Waals surface area contributed by atoms with Crippen LogP contribution in [-0.2, 0) is 0 Å². The fourth-order valence-corrected chi connectivity index (χ4v) is 4.53. The Morgan fingerprint density at radius 1 is 0.758 bits per heavy atom. The van der Waals surface area contributed by atoms with Gasteiger partial charge >= 0.3 is 0 Å². The van der Waals surface area contributed by atoms with Crippen molar-refractivity contribution in [2.45, 2.75) is 84.2 Å². The van der Waals surface area contributed by atoms with Crippen LogP contribution in [0.25, 0.3) is 0 Å². The summed E-state index contributed by atoms with van der Waals surface area (Å²) in [6, 6.07) is 17.0. The molecule has 0 heterocycles. The third-order valence-electron chi connectivity index (χ3n) is 6.36. The van der Waals surface area contributed by atoms with Gasteiger partial charge in [-0.15, -0.1) is 0 Å². The second-order valence-electron chi connectivity index (χ2n) is 10.2. The van der Waals surface area contributed by atoms with E-state index in [1.54, 1.807) is 0 Å². The molecule has 3 nitrogen and oxygen atoms in total. The van der Waals surface area contributed by atoms with Gasteiger partial charge in [0.05, 0.1) is 20.6 Å². The van der Waals surface area contributed by atoms with Gasteiger partial charge in [0.1, 0.15) is 18.4 Å². The van der Waals surface area contributed by atoms with Gasteiger partial charge < -0.3 is 9.22 Å². The first kappa shape index (κ1) is 27.1. The quantitative estimate of drug-likeness (QED) is 0.140. The van der Waals surface area contributed by atoms with Crippen molar-refractivity contribution in [2.75, 3.05) is 27.2 Å². The Morgan fingerprint density at radius 2 is 1.27 bits per heavy atom. The molecule has 3 heteroatoms. The predicted molar refractivity (Wildman–Crippen MR) is 140 cm³/mol. The number of hydrogen-bond donors (Lipinski definition) is 0. The minimum atomic E-state index is 0.0458. The van der Waals surface area contributed by atoms with E-state index in [0.717, 1.165) is 16.8 Å². The molecule has 1 unspecified atom stereocenters. The van der Waals surface area contributed by atoms with Crippen molar-refractivity contribution in [3.05, 3.63) is 65.7 Å². The maximum absolute atomic E-state index is 12.6. The number of rotatable bonds is 17. The Morgan fingerprint density at radius 3 is 1.85 bits per heavy atom. The van der Waals surface area contributed by atoms with Crippen LogP contribution in [0.1, 0.15) is 94.0 Å². The molecule has 0 spiro atoms. The highest BCUT2D eigenvalue weighted by Gasteiger charge is 2.20. The van der Waals surface area contributed by atoms with Gasteiger partial charge in [-0.05, 0) is 44.0 Å². The van der Waals surface area contributed by atoms with Crippen molar-refractivity contribution in [3.63, 3.8) is 0 Å². The third kappa shape index (κ3) is 11.0. The molecule has 0 fully saturated rings. The zero-order valence-electron chi connectivity index (χ0n) is 21.5. The Bertz CT molecular complexity index is 783. The number of ether oxygens (including phenoxy) is 1. The minimum Gasteiger partial charge on any atom is -0.485 e. The van der Waals surface area contributed by atoms with Crippen molar-refractivity contribution in [1.82, 2.24) is 0 Å². The van der Waals surface area contributed by atoms with Gasteiger partial charge in [0.25, 0.3) is 0 Å². The van der Waals surface area contributed by atoms with E-state index in [4.69, 9.17) is 4.74 Å². The zero-order chi connectivity index (χ0) is 23.9. The Balaban J connectivity index is 1.65. The lowest BCUT2D eigenvalue weighted by molar-refractivity contribution is -0.893. The molecule has 1 atom stereocenters. The lowest BCUT2D eigenvalue weighted by Gasteiger charge is -2.32. The van der Waals surface area contributed by atoms with E-state index in [9.17, 15) is 4.79 Å². The SMILES string of the molecule is CCCCCCCCCCCC[N+](C)(C)CC(C)Oc1ccc(C(=O)c2ccccc2)cc1. The molecular formula is C30H46NO2+. The number of nitrogens with zero attached hydrogens (tertiary/aromatic N) is 1. The summed E-state index contributed by atoms with van der Waals surface area (Å²) in [4.78, 5) is 12.6. The normalized spacial score (nSPS) is 12.5. The fraction of sp³-hybridized carbons (Fsp3) is 0.567. The summed E-state index contributed by atoms with van der Waals surface area (Å²) in [5.74, 6) is 0.871. The van der Waals surface area contributed by atoms with Gasteiger partial charge in [-0.3, -0.25) is 4.79 Å². The van der Waals surface area contributed by atoms with Gasteiger partial charge in [-0.25, -0.2) is 0 Å². The van der Waals surface area contributed by atoms with Gasteiger partial charge in [-0.1, -0.05) is 88.6 Å². The number of likely N-dealkylation sites (N-methyl/N-ethyl adjacent to an activating group) is 1. The van der Waals surface area contributed by atoms with Crippen molar-refractivity contribution < 1.29 is 14.0 Å². The predicted octanol–water partition coefficient (Wildman–Crippen LogP) is 7.68. The summed E-state index contributed by atoms with van der Waals surface area (Å²) in [6.07, 6.45) is 13.9. The fourth-order valence-electron chi connectivity index (χ4n) is 4.53. The molecule has 0 amide bonds. The van der Waals surface area contributed by atoms with Crippen LogP contribution in [0.2, 0.25) is 0 Å². The average molecular weight is 453 g/mol. The number of ketones is 1. The summed E-state index contributed by atoms with van der Waals surface area (Å²) in [7, 11) is 4.60. The van der Waals surface area contributed by atoms with Gasteiger partial charge in [0, 0.05) is 11.1 Å². The third-order valence-corrected chi connectivity index (χ3v) is 6.36. The maximum atomic E-state index is 12.6. The summed E-state index contributed by atoms with van der Waals surface area (Å²) in [6.45, 7) is 6.58. The minimum absolute atomic E-state index is 0.0458. The molecule has 0 aliphatic heterocycles.